The minimum Gasteiger partial charge on any atom is -0.336 e. The van der Waals surface area contributed by atoms with Crippen LogP contribution in [0.3, 0.4) is 0 Å². The molecule has 3 nitrogen and oxygen atoms in total. The molecule has 0 aliphatic carbocycles. The van der Waals surface area contributed by atoms with Gasteiger partial charge in [0.05, 0.1) is 5.02 Å². The number of nitrogens with two attached hydrogens (primary N) is 1. The molecule has 2 atom stereocenters. The van der Waals surface area contributed by atoms with Crippen molar-refractivity contribution in [3.05, 3.63) is 34.6 Å². The molecule has 1 aromatic rings. The van der Waals surface area contributed by atoms with Gasteiger partial charge in [-0.05, 0) is 50.4 Å². The minimum atomic E-state index is -0.562. The highest BCUT2D eigenvalue weighted by Gasteiger charge is 2.29. The second kappa shape index (κ2) is 5.88. The van der Waals surface area contributed by atoms with Gasteiger partial charge in [-0.1, -0.05) is 11.6 Å². The molecule has 2 unspecified atom stereocenters. The van der Waals surface area contributed by atoms with E-state index in [1.165, 1.54) is 12.1 Å². The van der Waals surface area contributed by atoms with E-state index < -0.39 is 5.82 Å². The molecular weight excluding hydrogens is 267 g/mol. The van der Waals surface area contributed by atoms with Gasteiger partial charge in [0, 0.05) is 18.2 Å². The highest BCUT2D eigenvalue weighted by atomic mass is 35.5. The van der Waals surface area contributed by atoms with Crippen molar-refractivity contribution in [2.24, 2.45) is 11.7 Å². The number of carbonyl (C=O) groups is 1. The summed E-state index contributed by atoms with van der Waals surface area (Å²) in [5.74, 6) is -0.383. The van der Waals surface area contributed by atoms with Crippen molar-refractivity contribution in [3.8, 4) is 0 Å². The van der Waals surface area contributed by atoms with E-state index in [0.717, 1.165) is 12.8 Å². The summed E-state index contributed by atoms with van der Waals surface area (Å²) >= 11 is 5.63. The number of benzene rings is 1. The van der Waals surface area contributed by atoms with Gasteiger partial charge < -0.3 is 10.6 Å². The number of carbonyl (C=O) groups excluding carboxylic acids is 1. The smallest absolute Gasteiger partial charge is 0.254 e. The molecule has 1 aliphatic heterocycles. The number of nitrogens with zero attached hydrogens (tertiary/aromatic N) is 1. The Hall–Kier alpha value is -1.13. The molecule has 19 heavy (non-hydrogen) atoms. The zero-order valence-corrected chi connectivity index (χ0v) is 11.7. The Morgan fingerprint density at radius 1 is 1.53 bits per heavy atom. The summed E-state index contributed by atoms with van der Waals surface area (Å²) in [5.41, 5.74) is 6.02. The van der Waals surface area contributed by atoms with Crippen LogP contribution in [-0.4, -0.2) is 29.9 Å². The van der Waals surface area contributed by atoms with Crippen molar-refractivity contribution >= 4 is 17.5 Å². The van der Waals surface area contributed by atoms with Crippen LogP contribution in [0.4, 0.5) is 4.39 Å². The molecule has 0 bridgehead atoms. The van der Waals surface area contributed by atoms with E-state index in [4.69, 9.17) is 17.3 Å². The Bertz CT molecular complexity index is 481. The molecule has 5 heteroatoms. The topological polar surface area (TPSA) is 46.3 Å². The van der Waals surface area contributed by atoms with Crippen molar-refractivity contribution < 1.29 is 9.18 Å². The molecule has 0 aromatic heterocycles. The van der Waals surface area contributed by atoms with Gasteiger partial charge in [0.15, 0.2) is 0 Å². The first-order valence-corrected chi connectivity index (χ1v) is 6.86. The summed E-state index contributed by atoms with van der Waals surface area (Å²) in [6.45, 7) is 3.23. The summed E-state index contributed by atoms with van der Waals surface area (Å²) < 4.78 is 13.4. The number of piperidine rings is 1. The second-order valence-electron chi connectivity index (χ2n) is 5.11. The molecule has 1 saturated heterocycles. The molecule has 1 aliphatic rings. The van der Waals surface area contributed by atoms with E-state index in [0.29, 0.717) is 24.6 Å². The van der Waals surface area contributed by atoms with Gasteiger partial charge in [-0.2, -0.15) is 0 Å². The van der Waals surface area contributed by atoms with E-state index in [-0.39, 0.29) is 17.0 Å². The summed E-state index contributed by atoms with van der Waals surface area (Å²) in [6.07, 6.45) is 1.97. The van der Waals surface area contributed by atoms with Crippen molar-refractivity contribution in [2.45, 2.75) is 25.8 Å². The van der Waals surface area contributed by atoms with Crippen LogP contribution in [0.5, 0.6) is 0 Å². The molecule has 1 aromatic carbocycles. The van der Waals surface area contributed by atoms with Crippen LogP contribution >= 0.6 is 11.6 Å². The third-order valence-corrected chi connectivity index (χ3v) is 4.05. The van der Waals surface area contributed by atoms with E-state index in [1.54, 1.807) is 11.0 Å². The first-order chi connectivity index (χ1) is 9.02. The Morgan fingerprint density at radius 2 is 2.26 bits per heavy atom. The van der Waals surface area contributed by atoms with Gasteiger partial charge >= 0.3 is 0 Å². The predicted octanol–water partition coefficient (Wildman–Crippen LogP) is 2.68. The zero-order valence-electron chi connectivity index (χ0n) is 10.9. The lowest BCUT2D eigenvalue weighted by Gasteiger charge is -2.37. The van der Waals surface area contributed by atoms with E-state index in [9.17, 15) is 9.18 Å². The Labute approximate surface area is 117 Å². The van der Waals surface area contributed by atoms with Crippen LogP contribution in [0, 0.1) is 11.7 Å². The minimum absolute atomic E-state index is 0.0306. The van der Waals surface area contributed by atoms with Gasteiger partial charge in [0.1, 0.15) is 5.82 Å². The van der Waals surface area contributed by atoms with Crippen molar-refractivity contribution in [3.63, 3.8) is 0 Å². The third kappa shape index (κ3) is 3.07. The van der Waals surface area contributed by atoms with Crippen LogP contribution in [0.15, 0.2) is 18.2 Å². The van der Waals surface area contributed by atoms with E-state index >= 15 is 0 Å². The Morgan fingerprint density at radius 3 is 2.89 bits per heavy atom. The molecule has 1 amide bonds. The lowest BCUT2D eigenvalue weighted by Crippen LogP contribution is -2.47. The maximum absolute atomic E-state index is 13.4. The predicted molar refractivity (Wildman–Crippen MR) is 73.7 cm³/mol. The normalized spacial score (nSPS) is 23.5. The van der Waals surface area contributed by atoms with Gasteiger partial charge in [-0.25, -0.2) is 4.39 Å². The maximum Gasteiger partial charge on any atom is 0.254 e. The Balaban J connectivity index is 2.19. The average molecular weight is 285 g/mol. The summed E-state index contributed by atoms with van der Waals surface area (Å²) in [5, 5.41) is 0.0306. The number of hydrogen-bond donors (Lipinski definition) is 1. The highest BCUT2D eigenvalue weighted by molar-refractivity contribution is 6.30. The number of likely N-dealkylation sites (tertiary alicyclic amines) is 1. The van der Waals surface area contributed by atoms with Crippen LogP contribution in [-0.2, 0) is 0 Å². The quantitative estimate of drug-likeness (QED) is 0.907. The fourth-order valence-corrected chi connectivity index (χ4v) is 2.57. The number of hydrogen-bond acceptors (Lipinski definition) is 2. The molecule has 1 fully saturated rings. The van der Waals surface area contributed by atoms with E-state index in [1.807, 2.05) is 6.92 Å². The number of rotatable bonds is 2. The van der Waals surface area contributed by atoms with Gasteiger partial charge in [-0.15, -0.1) is 0 Å². The number of amides is 1. The fraction of sp³-hybridized carbons (Fsp3) is 0.500. The molecule has 0 radical (unpaired) electrons. The van der Waals surface area contributed by atoms with E-state index in [2.05, 4.69) is 0 Å². The molecule has 2 rings (SSSR count). The lowest BCUT2D eigenvalue weighted by molar-refractivity contribution is 0.0566. The standard InChI is InChI=1S/C14H18ClFN2O/c1-9-2-3-10(7-17)8-18(9)14(19)11-4-5-12(15)13(16)6-11/h4-6,9-10H,2-3,7-8,17H2,1H3. The Kier molecular flexibility index (Phi) is 4.42. The molecule has 2 N–H and O–H groups in total. The van der Waals surface area contributed by atoms with Crippen LogP contribution in [0.1, 0.15) is 30.1 Å². The van der Waals surface area contributed by atoms with Crippen LogP contribution in [0.2, 0.25) is 5.02 Å². The largest absolute Gasteiger partial charge is 0.336 e. The monoisotopic (exact) mass is 284 g/mol. The lowest BCUT2D eigenvalue weighted by atomic mass is 9.93. The van der Waals surface area contributed by atoms with Gasteiger partial charge in [0.25, 0.3) is 5.91 Å². The number of halogens is 2. The zero-order chi connectivity index (χ0) is 14.0. The summed E-state index contributed by atoms with van der Waals surface area (Å²) in [7, 11) is 0. The molecule has 104 valence electrons. The highest BCUT2D eigenvalue weighted by Crippen LogP contribution is 2.24. The third-order valence-electron chi connectivity index (χ3n) is 3.74. The van der Waals surface area contributed by atoms with Crippen LogP contribution in [0.25, 0.3) is 0 Å². The summed E-state index contributed by atoms with van der Waals surface area (Å²) in [6, 6.07) is 4.34. The van der Waals surface area contributed by atoms with Crippen molar-refractivity contribution in [1.29, 1.82) is 0 Å². The van der Waals surface area contributed by atoms with Crippen LogP contribution < -0.4 is 5.73 Å². The van der Waals surface area contributed by atoms with Crippen molar-refractivity contribution in [2.75, 3.05) is 13.1 Å². The van der Waals surface area contributed by atoms with Crippen molar-refractivity contribution in [1.82, 2.24) is 4.90 Å². The molecule has 0 spiro atoms. The fourth-order valence-electron chi connectivity index (χ4n) is 2.45. The first-order valence-electron chi connectivity index (χ1n) is 6.49. The summed E-state index contributed by atoms with van der Waals surface area (Å²) in [4.78, 5) is 14.2. The molecule has 0 saturated carbocycles. The van der Waals surface area contributed by atoms with Gasteiger partial charge in [-0.3, -0.25) is 4.79 Å². The second-order valence-corrected chi connectivity index (χ2v) is 5.52. The first kappa shape index (κ1) is 14.3. The molecule has 1 heterocycles. The molecular formula is C14H18ClFN2O. The maximum atomic E-state index is 13.4. The average Bonchev–Trinajstić information content (AvgIpc) is 2.41. The SMILES string of the molecule is CC1CCC(CN)CN1C(=O)c1ccc(Cl)c(F)c1. The van der Waals surface area contributed by atoms with Gasteiger partial charge in [0.2, 0.25) is 0 Å².